The van der Waals surface area contributed by atoms with E-state index in [-0.39, 0.29) is 11.5 Å². The molecule has 1 N–H and O–H groups in total. The molecule has 0 radical (unpaired) electrons. The van der Waals surface area contributed by atoms with Crippen LogP contribution in [0.1, 0.15) is 49.6 Å². The summed E-state index contributed by atoms with van der Waals surface area (Å²) >= 11 is 5.99. The van der Waals surface area contributed by atoms with Crippen LogP contribution in [-0.4, -0.2) is 20.1 Å². The summed E-state index contributed by atoms with van der Waals surface area (Å²) in [7, 11) is 0. The smallest absolute Gasteiger partial charge is 0.157 e. The highest BCUT2D eigenvalue weighted by molar-refractivity contribution is 6.30. The lowest BCUT2D eigenvalue weighted by molar-refractivity contribution is 0.779. The average molecular weight is 341 g/mol. The van der Waals surface area contributed by atoms with Crippen LogP contribution in [0.25, 0.3) is 5.65 Å². The molecule has 1 saturated carbocycles. The van der Waals surface area contributed by atoms with Crippen molar-refractivity contribution in [2.45, 2.75) is 45.1 Å². The predicted molar refractivity (Wildman–Crippen MR) is 98.0 cm³/mol. The first kappa shape index (κ1) is 15.5. The topological polar surface area (TPSA) is 42.2 Å². The van der Waals surface area contributed by atoms with Crippen LogP contribution in [0.15, 0.2) is 36.4 Å². The van der Waals surface area contributed by atoms with Gasteiger partial charge >= 0.3 is 0 Å². The van der Waals surface area contributed by atoms with E-state index in [9.17, 15) is 0 Å². The van der Waals surface area contributed by atoms with Gasteiger partial charge in [-0.25, -0.2) is 4.98 Å². The van der Waals surface area contributed by atoms with Gasteiger partial charge in [-0.3, -0.25) is 0 Å². The lowest BCUT2D eigenvalue weighted by Crippen LogP contribution is -2.19. The second kappa shape index (κ2) is 5.49. The lowest BCUT2D eigenvalue weighted by atomic mass is 9.98. The molecule has 1 aliphatic carbocycles. The number of fused-ring (bicyclic) bond motifs is 1. The van der Waals surface area contributed by atoms with Gasteiger partial charge in [0.05, 0.1) is 5.69 Å². The normalized spacial score (nSPS) is 17.0. The molecule has 3 aromatic rings. The Hall–Kier alpha value is -2.07. The van der Waals surface area contributed by atoms with E-state index in [4.69, 9.17) is 16.7 Å². The molecule has 1 unspecified atom stereocenters. The van der Waals surface area contributed by atoms with Crippen LogP contribution < -0.4 is 5.32 Å². The van der Waals surface area contributed by atoms with Crippen LogP contribution in [0.3, 0.4) is 0 Å². The summed E-state index contributed by atoms with van der Waals surface area (Å²) in [4.78, 5) is 4.64. The molecule has 0 bridgehead atoms. The van der Waals surface area contributed by atoms with E-state index in [1.807, 2.05) is 23.6 Å². The number of hydrogen-bond donors (Lipinski definition) is 1. The van der Waals surface area contributed by atoms with Gasteiger partial charge in [-0.05, 0) is 44.4 Å². The maximum Gasteiger partial charge on any atom is 0.157 e. The van der Waals surface area contributed by atoms with E-state index in [0.29, 0.717) is 0 Å². The molecule has 124 valence electrons. The van der Waals surface area contributed by atoms with E-state index in [1.54, 1.807) is 0 Å². The fourth-order valence-corrected chi connectivity index (χ4v) is 3.09. The molecule has 2 heterocycles. The van der Waals surface area contributed by atoms with Gasteiger partial charge in [0.15, 0.2) is 5.65 Å². The van der Waals surface area contributed by atoms with Crippen molar-refractivity contribution in [3.8, 4) is 0 Å². The van der Waals surface area contributed by atoms with E-state index in [0.717, 1.165) is 27.9 Å². The number of benzene rings is 1. The fourth-order valence-electron chi connectivity index (χ4n) is 2.96. The number of anilines is 1. The third-order valence-electron chi connectivity index (χ3n) is 4.82. The number of halogens is 1. The van der Waals surface area contributed by atoms with Gasteiger partial charge in [0, 0.05) is 34.3 Å². The summed E-state index contributed by atoms with van der Waals surface area (Å²) in [5, 5.41) is 9.19. The van der Waals surface area contributed by atoms with Crippen LogP contribution in [0, 0.1) is 6.92 Å². The molecular weight excluding hydrogens is 320 g/mol. The molecule has 4 nitrogen and oxygen atoms in total. The summed E-state index contributed by atoms with van der Waals surface area (Å²) in [6.45, 7) is 6.43. The maximum absolute atomic E-state index is 5.99. The van der Waals surface area contributed by atoms with Crippen LogP contribution in [0.2, 0.25) is 5.02 Å². The second-order valence-electron chi connectivity index (χ2n) is 7.08. The van der Waals surface area contributed by atoms with Crippen molar-refractivity contribution in [3.63, 3.8) is 0 Å². The molecule has 24 heavy (non-hydrogen) atoms. The Morgan fingerprint density at radius 2 is 1.92 bits per heavy atom. The highest BCUT2D eigenvalue weighted by atomic mass is 35.5. The molecule has 1 aromatic carbocycles. The molecule has 0 aliphatic heterocycles. The van der Waals surface area contributed by atoms with E-state index >= 15 is 0 Å². The minimum absolute atomic E-state index is 0.189. The zero-order valence-electron chi connectivity index (χ0n) is 14.2. The summed E-state index contributed by atoms with van der Waals surface area (Å²) in [5.74, 6) is 1.21. The van der Waals surface area contributed by atoms with E-state index < -0.39 is 0 Å². The standard InChI is InChI=1S/C19H21ClN4/c1-12-10-18(22-19(3)8-9-19)24-17(21-12)11-16(23-24)13(2)14-4-6-15(20)7-5-14/h4-7,10-11,13,22H,8-9H2,1-3H3. The maximum atomic E-state index is 5.99. The van der Waals surface area contributed by atoms with Gasteiger partial charge in [0.1, 0.15) is 5.82 Å². The van der Waals surface area contributed by atoms with Crippen molar-refractivity contribution in [3.05, 3.63) is 58.4 Å². The van der Waals surface area contributed by atoms with Crippen LogP contribution >= 0.6 is 11.6 Å². The Bertz CT molecular complexity index is 894. The van der Waals surface area contributed by atoms with Crippen molar-refractivity contribution in [2.24, 2.45) is 0 Å². The second-order valence-corrected chi connectivity index (χ2v) is 7.52. The number of nitrogens with one attached hydrogen (secondary N) is 1. The minimum atomic E-state index is 0.189. The molecule has 2 aromatic heterocycles. The van der Waals surface area contributed by atoms with Crippen LogP contribution in [-0.2, 0) is 0 Å². The molecular formula is C19H21ClN4. The van der Waals surface area contributed by atoms with Gasteiger partial charge < -0.3 is 5.32 Å². The third-order valence-corrected chi connectivity index (χ3v) is 5.07. The number of nitrogens with zero attached hydrogens (tertiary/aromatic N) is 3. The fraction of sp³-hybridized carbons (Fsp3) is 0.368. The molecule has 4 rings (SSSR count). The molecule has 0 spiro atoms. The Morgan fingerprint density at radius 1 is 1.21 bits per heavy atom. The first-order valence-electron chi connectivity index (χ1n) is 8.34. The van der Waals surface area contributed by atoms with E-state index in [1.165, 1.54) is 18.4 Å². The Balaban J connectivity index is 1.74. The highest BCUT2D eigenvalue weighted by Crippen LogP contribution is 2.38. The molecule has 1 atom stereocenters. The molecule has 0 amide bonds. The van der Waals surface area contributed by atoms with Crippen molar-refractivity contribution < 1.29 is 0 Å². The Morgan fingerprint density at radius 3 is 2.58 bits per heavy atom. The quantitative estimate of drug-likeness (QED) is 0.741. The zero-order chi connectivity index (χ0) is 16.9. The summed E-state index contributed by atoms with van der Waals surface area (Å²) in [5.41, 5.74) is 4.30. The zero-order valence-corrected chi connectivity index (χ0v) is 14.9. The van der Waals surface area contributed by atoms with Gasteiger partial charge in [-0.2, -0.15) is 9.61 Å². The molecule has 5 heteroatoms. The average Bonchev–Trinajstić information content (AvgIpc) is 3.10. The summed E-state index contributed by atoms with van der Waals surface area (Å²) < 4.78 is 1.93. The third kappa shape index (κ3) is 2.86. The lowest BCUT2D eigenvalue weighted by Gasteiger charge is -2.14. The van der Waals surface area contributed by atoms with Crippen molar-refractivity contribution in [1.29, 1.82) is 0 Å². The number of rotatable bonds is 4. The van der Waals surface area contributed by atoms with Crippen LogP contribution in [0.5, 0.6) is 0 Å². The summed E-state index contributed by atoms with van der Waals surface area (Å²) in [6.07, 6.45) is 2.40. The largest absolute Gasteiger partial charge is 0.365 e. The Kier molecular flexibility index (Phi) is 3.53. The number of hydrogen-bond acceptors (Lipinski definition) is 3. The Labute approximate surface area is 146 Å². The summed E-state index contributed by atoms with van der Waals surface area (Å²) in [6, 6.07) is 12.1. The van der Waals surface area contributed by atoms with Gasteiger partial charge in [0.2, 0.25) is 0 Å². The SMILES string of the molecule is Cc1cc(NC2(C)CC2)n2nc(C(C)c3ccc(Cl)cc3)cc2n1. The minimum Gasteiger partial charge on any atom is -0.365 e. The predicted octanol–water partition coefficient (Wildman–Crippen LogP) is 4.81. The van der Waals surface area contributed by atoms with Gasteiger partial charge in [0.25, 0.3) is 0 Å². The molecule has 1 fully saturated rings. The number of aryl methyl sites for hydroxylation is 1. The van der Waals surface area contributed by atoms with Crippen molar-refractivity contribution in [1.82, 2.24) is 14.6 Å². The molecule has 0 saturated heterocycles. The van der Waals surface area contributed by atoms with Crippen molar-refractivity contribution in [2.75, 3.05) is 5.32 Å². The monoisotopic (exact) mass is 340 g/mol. The molecule has 1 aliphatic rings. The van der Waals surface area contributed by atoms with Gasteiger partial charge in [-0.1, -0.05) is 30.7 Å². The van der Waals surface area contributed by atoms with Crippen molar-refractivity contribution >= 4 is 23.1 Å². The van der Waals surface area contributed by atoms with E-state index in [2.05, 4.69) is 48.4 Å². The van der Waals surface area contributed by atoms with Crippen LogP contribution in [0.4, 0.5) is 5.82 Å². The van der Waals surface area contributed by atoms with Gasteiger partial charge in [-0.15, -0.1) is 0 Å². The highest BCUT2D eigenvalue weighted by Gasteiger charge is 2.37. The number of aromatic nitrogens is 3. The first-order valence-corrected chi connectivity index (χ1v) is 8.72. The first-order chi connectivity index (χ1) is 11.4.